The summed E-state index contributed by atoms with van der Waals surface area (Å²) in [5.74, 6) is -1.30. The van der Waals surface area contributed by atoms with Crippen LogP contribution < -0.4 is 4.74 Å². The van der Waals surface area contributed by atoms with Gasteiger partial charge in [0.1, 0.15) is 0 Å². The molecule has 0 atom stereocenters. The van der Waals surface area contributed by atoms with E-state index >= 15 is 0 Å². The second-order valence-corrected chi connectivity index (χ2v) is 7.36. The van der Waals surface area contributed by atoms with E-state index in [0.717, 1.165) is 38.2 Å². The molecule has 26 heavy (non-hydrogen) atoms. The van der Waals surface area contributed by atoms with Gasteiger partial charge in [0, 0.05) is 0 Å². The Hall–Kier alpha value is -1.33. The Bertz CT molecular complexity index is 580. The van der Waals surface area contributed by atoms with Crippen molar-refractivity contribution < 1.29 is 26.7 Å². The second-order valence-electron chi connectivity index (χ2n) is 7.36. The van der Waals surface area contributed by atoms with Gasteiger partial charge in [-0.2, -0.15) is 8.78 Å². The topological polar surface area (TPSA) is 9.23 Å². The minimum absolute atomic E-state index is 0.0111. The molecule has 1 nitrogen and oxygen atoms in total. The highest BCUT2D eigenvalue weighted by Gasteiger charge is 2.35. The lowest BCUT2D eigenvalue weighted by molar-refractivity contribution is -0.185. The lowest BCUT2D eigenvalue weighted by atomic mass is 9.78. The van der Waals surface area contributed by atoms with Crippen molar-refractivity contribution >= 4 is 0 Å². The first-order chi connectivity index (χ1) is 12.2. The van der Waals surface area contributed by atoms with E-state index in [1.807, 2.05) is 0 Å². The third kappa shape index (κ3) is 5.58. The SMILES string of the molecule is CCCC1CCC(CCC(F)(F)Oc2ccc(C)c(C(F)F)c2F)CC1. The summed E-state index contributed by atoms with van der Waals surface area (Å²) in [5, 5.41) is 0. The Labute approximate surface area is 151 Å². The zero-order chi connectivity index (χ0) is 19.3. The molecule has 148 valence electrons. The number of rotatable bonds is 8. The zero-order valence-corrected chi connectivity index (χ0v) is 15.3. The van der Waals surface area contributed by atoms with E-state index in [9.17, 15) is 22.0 Å². The second kappa shape index (κ2) is 9.05. The predicted molar refractivity (Wildman–Crippen MR) is 91.3 cm³/mol. The molecule has 1 aromatic rings. The molecule has 2 rings (SSSR count). The van der Waals surface area contributed by atoms with Gasteiger partial charge < -0.3 is 4.74 Å². The lowest BCUT2D eigenvalue weighted by Crippen LogP contribution is -2.27. The van der Waals surface area contributed by atoms with Crippen LogP contribution in [0.15, 0.2) is 12.1 Å². The van der Waals surface area contributed by atoms with Crippen molar-refractivity contribution in [2.75, 3.05) is 0 Å². The minimum Gasteiger partial charge on any atom is -0.429 e. The summed E-state index contributed by atoms with van der Waals surface area (Å²) in [6, 6.07) is 2.16. The van der Waals surface area contributed by atoms with E-state index in [4.69, 9.17) is 0 Å². The zero-order valence-electron chi connectivity index (χ0n) is 15.3. The van der Waals surface area contributed by atoms with Gasteiger partial charge in [0.05, 0.1) is 12.0 Å². The van der Waals surface area contributed by atoms with Crippen LogP contribution in [0.4, 0.5) is 22.0 Å². The molecule has 0 aromatic heterocycles. The van der Waals surface area contributed by atoms with Crippen LogP contribution >= 0.6 is 0 Å². The van der Waals surface area contributed by atoms with Gasteiger partial charge in [-0.3, -0.25) is 0 Å². The maximum atomic E-state index is 14.1. The fraction of sp³-hybridized carbons (Fsp3) is 0.700. The quantitative estimate of drug-likeness (QED) is 0.427. The molecule has 1 fully saturated rings. The number of halogens is 5. The highest BCUT2D eigenvalue weighted by atomic mass is 19.3. The van der Waals surface area contributed by atoms with Gasteiger partial charge in [-0.1, -0.05) is 51.5 Å². The van der Waals surface area contributed by atoms with Crippen LogP contribution in [-0.2, 0) is 0 Å². The highest BCUT2D eigenvalue weighted by Crippen LogP contribution is 2.38. The maximum Gasteiger partial charge on any atom is 0.397 e. The van der Waals surface area contributed by atoms with Crippen molar-refractivity contribution in [3.05, 3.63) is 29.1 Å². The van der Waals surface area contributed by atoms with Crippen LogP contribution in [0, 0.1) is 24.6 Å². The Morgan fingerprint density at radius 1 is 1.08 bits per heavy atom. The standard InChI is InChI=1S/C20H27F5O/c1-3-4-14-6-8-15(9-7-14)11-12-20(24,25)26-16-10-5-13(2)17(18(16)21)19(22)23/h5,10,14-15,19H,3-4,6-9,11-12H2,1-2H3. The van der Waals surface area contributed by atoms with Crippen molar-refractivity contribution in [1.82, 2.24) is 0 Å². The molecule has 0 heterocycles. The molecular formula is C20H27F5O. The van der Waals surface area contributed by atoms with E-state index < -0.39 is 36.1 Å². The average Bonchev–Trinajstić information content (AvgIpc) is 2.57. The molecule has 0 radical (unpaired) electrons. The van der Waals surface area contributed by atoms with Crippen LogP contribution in [0.5, 0.6) is 5.75 Å². The molecule has 0 unspecified atom stereocenters. The average molecular weight is 378 g/mol. The number of aryl methyl sites for hydroxylation is 1. The summed E-state index contributed by atoms with van der Waals surface area (Å²) < 4.78 is 72.6. The molecule has 0 bridgehead atoms. The van der Waals surface area contributed by atoms with E-state index in [0.29, 0.717) is 12.3 Å². The lowest BCUT2D eigenvalue weighted by Gasteiger charge is -2.29. The van der Waals surface area contributed by atoms with Crippen molar-refractivity contribution in [3.63, 3.8) is 0 Å². The van der Waals surface area contributed by atoms with E-state index in [1.165, 1.54) is 19.4 Å². The summed E-state index contributed by atoms with van der Waals surface area (Å²) in [4.78, 5) is 0. The van der Waals surface area contributed by atoms with E-state index in [-0.39, 0.29) is 11.5 Å². The van der Waals surface area contributed by atoms with Gasteiger partial charge in [-0.05, 0) is 36.8 Å². The summed E-state index contributed by atoms with van der Waals surface area (Å²) in [6.07, 6.45) is -0.584. The van der Waals surface area contributed by atoms with Crippen LogP contribution in [0.3, 0.4) is 0 Å². The van der Waals surface area contributed by atoms with Crippen molar-refractivity contribution in [1.29, 1.82) is 0 Å². The summed E-state index contributed by atoms with van der Waals surface area (Å²) >= 11 is 0. The van der Waals surface area contributed by atoms with Gasteiger partial charge in [0.15, 0.2) is 11.6 Å². The molecule has 1 saturated carbocycles. The molecule has 1 aliphatic rings. The predicted octanol–water partition coefficient (Wildman–Crippen LogP) is 7.43. The highest BCUT2D eigenvalue weighted by molar-refractivity contribution is 5.37. The molecule has 0 spiro atoms. The van der Waals surface area contributed by atoms with E-state index in [2.05, 4.69) is 11.7 Å². The molecule has 0 amide bonds. The molecular weight excluding hydrogens is 351 g/mol. The Kier molecular flexibility index (Phi) is 7.30. The molecule has 1 aromatic carbocycles. The van der Waals surface area contributed by atoms with Crippen molar-refractivity contribution in [2.45, 2.75) is 77.7 Å². The fourth-order valence-corrected chi connectivity index (χ4v) is 3.82. The smallest absolute Gasteiger partial charge is 0.397 e. The van der Waals surface area contributed by atoms with Crippen LogP contribution in [0.2, 0.25) is 0 Å². The largest absolute Gasteiger partial charge is 0.429 e. The molecule has 6 heteroatoms. The first-order valence-electron chi connectivity index (χ1n) is 9.37. The third-order valence-electron chi connectivity index (χ3n) is 5.35. The van der Waals surface area contributed by atoms with Gasteiger partial charge in [0.25, 0.3) is 6.43 Å². The first kappa shape index (κ1) is 21.0. The minimum atomic E-state index is -3.57. The van der Waals surface area contributed by atoms with Crippen molar-refractivity contribution in [3.8, 4) is 5.75 Å². The first-order valence-corrected chi connectivity index (χ1v) is 9.37. The number of ether oxygens (including phenoxy) is 1. The third-order valence-corrected chi connectivity index (χ3v) is 5.35. The number of hydrogen-bond donors (Lipinski definition) is 0. The number of alkyl halides is 4. The van der Waals surface area contributed by atoms with Gasteiger partial charge in [-0.15, -0.1) is 0 Å². The van der Waals surface area contributed by atoms with Crippen LogP contribution in [0.1, 0.15) is 75.8 Å². The fourth-order valence-electron chi connectivity index (χ4n) is 3.82. The summed E-state index contributed by atoms with van der Waals surface area (Å²) in [7, 11) is 0. The molecule has 0 N–H and O–H groups in total. The number of hydrogen-bond acceptors (Lipinski definition) is 1. The van der Waals surface area contributed by atoms with Gasteiger partial charge in [-0.25, -0.2) is 13.2 Å². The summed E-state index contributed by atoms with van der Waals surface area (Å²) in [6.45, 7) is 3.45. The van der Waals surface area contributed by atoms with Crippen LogP contribution in [0.25, 0.3) is 0 Å². The van der Waals surface area contributed by atoms with Gasteiger partial charge in [0.2, 0.25) is 0 Å². The summed E-state index contributed by atoms with van der Waals surface area (Å²) in [5.41, 5.74) is -0.871. The monoisotopic (exact) mass is 378 g/mol. The number of benzene rings is 1. The maximum absolute atomic E-state index is 14.1. The van der Waals surface area contributed by atoms with E-state index in [1.54, 1.807) is 0 Å². The molecule has 1 aliphatic carbocycles. The van der Waals surface area contributed by atoms with Crippen molar-refractivity contribution in [2.24, 2.45) is 11.8 Å². The molecule has 0 saturated heterocycles. The Morgan fingerprint density at radius 3 is 2.19 bits per heavy atom. The van der Waals surface area contributed by atoms with Gasteiger partial charge >= 0.3 is 6.11 Å². The normalized spacial score (nSPS) is 21.2. The molecule has 0 aliphatic heterocycles. The van der Waals surface area contributed by atoms with Crippen LogP contribution in [-0.4, -0.2) is 6.11 Å². The Balaban J connectivity index is 1.92. The Morgan fingerprint density at radius 2 is 1.65 bits per heavy atom.